The number of aliphatic hydroxyl groups is 2. The zero-order valence-electron chi connectivity index (χ0n) is 19.2. The number of nitrogens with zero attached hydrogens (tertiary/aromatic N) is 1. The predicted molar refractivity (Wildman–Crippen MR) is 118 cm³/mol. The van der Waals surface area contributed by atoms with Crippen LogP contribution in [0.25, 0.3) is 0 Å². The van der Waals surface area contributed by atoms with Crippen LogP contribution in [-0.2, 0) is 4.74 Å². The van der Waals surface area contributed by atoms with E-state index in [0.717, 1.165) is 13.0 Å². The molecule has 0 saturated carbocycles. The molecule has 0 aromatic heterocycles. The van der Waals surface area contributed by atoms with Gasteiger partial charge in [-0.1, -0.05) is 90.4 Å². The van der Waals surface area contributed by atoms with E-state index in [9.17, 15) is 10.2 Å². The van der Waals surface area contributed by atoms with Crippen LogP contribution in [0.15, 0.2) is 11.8 Å². The smallest absolute Gasteiger partial charge is 0.382 e. The first-order valence-electron chi connectivity index (χ1n) is 11.5. The molecule has 0 saturated heterocycles. The van der Waals surface area contributed by atoms with Gasteiger partial charge in [0.25, 0.3) is 0 Å². The number of quaternary nitrogens is 1. The Hall–Kier alpha value is -0.940. The molecule has 170 valence electrons. The van der Waals surface area contributed by atoms with Crippen LogP contribution < -0.4 is 0 Å². The van der Waals surface area contributed by atoms with Gasteiger partial charge in [-0.25, -0.2) is 0 Å². The van der Waals surface area contributed by atoms with Crippen molar-refractivity contribution >= 4 is 0 Å². The second kappa shape index (κ2) is 19.4. The summed E-state index contributed by atoms with van der Waals surface area (Å²) in [5.74, 6) is -0.425. The molecule has 0 aliphatic rings. The molecule has 0 spiro atoms. The van der Waals surface area contributed by atoms with Gasteiger partial charge in [0.15, 0.2) is 0 Å². The van der Waals surface area contributed by atoms with Crippen molar-refractivity contribution in [2.45, 2.75) is 110 Å². The number of ether oxygens (including phenoxy) is 1. The predicted octanol–water partition coefficient (Wildman–Crippen LogP) is 7.04. The molecule has 0 fully saturated rings. The Labute approximate surface area is 174 Å². The zero-order chi connectivity index (χ0) is 20.4. The van der Waals surface area contributed by atoms with E-state index in [1.54, 1.807) is 6.92 Å². The van der Waals surface area contributed by atoms with Crippen molar-refractivity contribution in [1.82, 2.24) is 0 Å². The summed E-state index contributed by atoms with van der Waals surface area (Å²) in [5, 5.41) is 19.7. The van der Waals surface area contributed by atoms with E-state index >= 15 is 0 Å². The van der Waals surface area contributed by atoms with Crippen molar-refractivity contribution in [3.05, 3.63) is 11.8 Å². The molecule has 0 aliphatic heterocycles. The fraction of sp³-hybridized carbons (Fsp3) is 0.913. The summed E-state index contributed by atoms with van der Waals surface area (Å²) in [6.45, 7) is 5.23. The molecule has 0 unspecified atom stereocenters. The lowest BCUT2D eigenvalue weighted by molar-refractivity contribution is -0.869. The van der Waals surface area contributed by atoms with Gasteiger partial charge in [0.05, 0.1) is 27.2 Å². The molecule has 0 rings (SSSR count). The second-order valence-electron chi connectivity index (χ2n) is 8.42. The van der Waals surface area contributed by atoms with Gasteiger partial charge in [-0.15, -0.1) is 0 Å². The summed E-state index contributed by atoms with van der Waals surface area (Å²) < 4.78 is 5.26. The Balaban J connectivity index is 0. The van der Waals surface area contributed by atoms with Crippen molar-refractivity contribution in [2.75, 3.05) is 27.2 Å². The Bertz CT molecular complexity index is 370. The maximum Gasteiger partial charge on any atom is 0.382 e. The second-order valence-corrected chi connectivity index (χ2v) is 8.42. The molecule has 0 bridgehead atoms. The molecule has 0 amide bonds. The van der Waals surface area contributed by atoms with Gasteiger partial charge >= 0.3 is 11.8 Å². The van der Waals surface area contributed by atoms with Gasteiger partial charge in [0, 0.05) is 0 Å². The van der Waals surface area contributed by atoms with E-state index in [0.29, 0.717) is 6.61 Å². The van der Waals surface area contributed by atoms with Crippen LogP contribution in [-0.4, -0.2) is 47.4 Å². The maximum absolute atomic E-state index is 10.1. The van der Waals surface area contributed by atoms with Crippen molar-refractivity contribution in [3.8, 4) is 0 Å². The topological polar surface area (TPSA) is 79.7 Å². The standard InChI is InChI=1S/C23H47NO3.H2O/c1-5-7-8-9-10-11-12-13-14-15-16-17-18-19-20-21-24(3,4)22(25)23(26)27-6-2;/h5-21H2,1-4H3,(H-,25,26);1H2. The highest BCUT2D eigenvalue weighted by atomic mass is 16.6. The summed E-state index contributed by atoms with van der Waals surface area (Å²) in [5.41, 5.74) is 0. The fourth-order valence-corrected chi connectivity index (χ4v) is 3.44. The molecule has 0 aromatic carbocycles. The van der Waals surface area contributed by atoms with Crippen molar-refractivity contribution in [2.24, 2.45) is 0 Å². The Kier molecular flexibility index (Phi) is 20.3. The number of aliphatic hydroxyl groups excluding tert-OH is 2. The minimum Gasteiger partial charge on any atom is -0.870 e. The molecule has 3 N–H and O–H groups in total. The summed E-state index contributed by atoms with van der Waals surface area (Å²) in [6, 6.07) is 0. The molecule has 0 radical (unpaired) electrons. The Morgan fingerprint density at radius 2 is 1.00 bits per heavy atom. The van der Waals surface area contributed by atoms with Crippen molar-refractivity contribution in [3.63, 3.8) is 0 Å². The lowest BCUT2D eigenvalue weighted by atomic mass is 10.0. The van der Waals surface area contributed by atoms with Crippen LogP contribution in [0, 0.1) is 0 Å². The van der Waals surface area contributed by atoms with Gasteiger partial charge < -0.3 is 20.4 Å². The van der Waals surface area contributed by atoms with E-state index < -0.39 is 0 Å². The third-order valence-corrected chi connectivity index (χ3v) is 5.37. The lowest BCUT2D eigenvalue weighted by Crippen LogP contribution is -2.40. The molecule has 0 aliphatic carbocycles. The maximum atomic E-state index is 10.1. The zero-order valence-corrected chi connectivity index (χ0v) is 19.2. The monoisotopic (exact) mass is 403 g/mol. The SMILES string of the molecule is CCCCCCCCCCCCCCCCC[N+](C)(C)C(O)=C(O)OCC.[OH-]. The van der Waals surface area contributed by atoms with Gasteiger partial charge in [-0.3, -0.25) is 4.48 Å². The summed E-state index contributed by atoms with van der Waals surface area (Å²) in [4.78, 5) is 0. The summed E-state index contributed by atoms with van der Waals surface area (Å²) in [7, 11) is 3.79. The number of unbranched alkanes of at least 4 members (excludes halogenated alkanes) is 14. The number of hydrogen-bond acceptors (Lipinski definition) is 4. The molecular weight excluding hydrogens is 354 g/mol. The van der Waals surface area contributed by atoms with E-state index in [1.165, 1.54) is 89.9 Å². The summed E-state index contributed by atoms with van der Waals surface area (Å²) in [6.07, 6.45) is 20.2. The van der Waals surface area contributed by atoms with Crippen LogP contribution in [0.5, 0.6) is 0 Å². The van der Waals surface area contributed by atoms with Crippen molar-refractivity contribution in [1.29, 1.82) is 0 Å². The minimum atomic E-state index is -0.344. The van der Waals surface area contributed by atoms with Gasteiger partial charge in [0.2, 0.25) is 0 Å². The molecule has 5 heteroatoms. The largest absolute Gasteiger partial charge is 0.870 e. The average molecular weight is 404 g/mol. The van der Waals surface area contributed by atoms with E-state index in [1.807, 2.05) is 14.1 Å². The highest BCUT2D eigenvalue weighted by molar-refractivity contribution is 4.81. The molecule has 0 atom stereocenters. The van der Waals surface area contributed by atoms with Crippen LogP contribution in [0.4, 0.5) is 0 Å². The lowest BCUT2D eigenvalue weighted by Gasteiger charge is -2.27. The highest BCUT2D eigenvalue weighted by Gasteiger charge is 2.26. The van der Waals surface area contributed by atoms with E-state index in [2.05, 4.69) is 6.92 Å². The Morgan fingerprint density at radius 3 is 1.36 bits per heavy atom. The highest BCUT2D eigenvalue weighted by Crippen LogP contribution is 2.16. The molecule has 28 heavy (non-hydrogen) atoms. The molecular formula is C23H49NO4. The fourth-order valence-electron chi connectivity index (χ4n) is 3.44. The average Bonchev–Trinajstić information content (AvgIpc) is 2.64. The van der Waals surface area contributed by atoms with E-state index in [4.69, 9.17) is 4.74 Å². The first-order chi connectivity index (χ1) is 13.0. The van der Waals surface area contributed by atoms with E-state index in [-0.39, 0.29) is 21.8 Å². The van der Waals surface area contributed by atoms with Gasteiger partial charge in [-0.2, -0.15) is 0 Å². The molecule has 0 heterocycles. The van der Waals surface area contributed by atoms with Gasteiger partial charge in [0.1, 0.15) is 0 Å². The first-order valence-corrected chi connectivity index (χ1v) is 11.5. The quantitative estimate of drug-likeness (QED) is 0.138. The minimum absolute atomic E-state index is 0. The van der Waals surface area contributed by atoms with Crippen LogP contribution in [0.1, 0.15) is 110 Å². The molecule has 5 nitrogen and oxygen atoms in total. The normalized spacial score (nSPS) is 12.4. The van der Waals surface area contributed by atoms with Crippen molar-refractivity contribution < 1.29 is 24.9 Å². The third kappa shape index (κ3) is 16.1. The number of rotatable bonds is 19. The Morgan fingerprint density at radius 1 is 0.643 bits per heavy atom. The third-order valence-electron chi connectivity index (χ3n) is 5.37. The summed E-state index contributed by atoms with van der Waals surface area (Å²) >= 11 is 0. The first kappa shape index (κ1) is 29.3. The van der Waals surface area contributed by atoms with Crippen LogP contribution in [0.3, 0.4) is 0 Å². The van der Waals surface area contributed by atoms with Crippen LogP contribution in [0.2, 0.25) is 0 Å². The number of hydrogen-bond donors (Lipinski definition) is 2. The molecule has 0 aromatic rings. The van der Waals surface area contributed by atoms with Gasteiger partial charge in [-0.05, 0) is 19.8 Å². The van der Waals surface area contributed by atoms with Crippen LogP contribution >= 0.6 is 0 Å².